The van der Waals surface area contributed by atoms with Crippen molar-refractivity contribution in [2.45, 2.75) is 13.3 Å². The van der Waals surface area contributed by atoms with Gasteiger partial charge in [0.25, 0.3) is 0 Å². The summed E-state index contributed by atoms with van der Waals surface area (Å²) in [6, 6.07) is 11.9. The third-order valence-electron chi connectivity index (χ3n) is 3.43. The maximum absolute atomic E-state index is 12.9. The zero-order valence-electron chi connectivity index (χ0n) is 11.8. The number of halogens is 3. The molecule has 0 unspecified atom stereocenters. The van der Waals surface area contributed by atoms with E-state index in [9.17, 15) is 4.39 Å². The largest absolute Gasteiger partial charge is 0.345 e. The van der Waals surface area contributed by atoms with Crippen molar-refractivity contribution in [2.75, 3.05) is 0 Å². The lowest BCUT2D eigenvalue weighted by Gasteiger charge is -2.03. The van der Waals surface area contributed by atoms with Gasteiger partial charge in [0.05, 0.1) is 15.7 Å². The normalized spacial score (nSPS) is 10.9. The molecule has 1 N–H and O–H groups in total. The first-order valence-corrected chi connectivity index (χ1v) is 7.54. The summed E-state index contributed by atoms with van der Waals surface area (Å²) in [6.07, 6.45) is 0.597. The molecule has 112 valence electrons. The smallest absolute Gasteiger partial charge is 0.123 e. The third kappa shape index (κ3) is 3.01. The summed E-state index contributed by atoms with van der Waals surface area (Å²) in [5, 5.41) is 0.994. The third-order valence-corrected chi connectivity index (χ3v) is 4.24. The number of nitrogens with one attached hydrogen (secondary N) is 1. The molecule has 0 bridgehead atoms. The molecule has 5 heteroatoms. The standard InChI is InChI=1S/C17H13Cl2FN2/c1-10-17(13-3-2-4-14(18)16(13)19)22-15(21-10)9-11-5-7-12(20)8-6-11/h2-8H,9H2,1H3,(H,21,22). The van der Waals surface area contributed by atoms with Crippen molar-refractivity contribution in [2.24, 2.45) is 0 Å². The van der Waals surface area contributed by atoms with Crippen molar-refractivity contribution in [3.63, 3.8) is 0 Å². The molecular weight excluding hydrogens is 322 g/mol. The zero-order valence-corrected chi connectivity index (χ0v) is 13.3. The lowest BCUT2D eigenvalue weighted by Crippen LogP contribution is -1.91. The summed E-state index contributed by atoms with van der Waals surface area (Å²) in [7, 11) is 0. The molecule has 0 radical (unpaired) electrons. The topological polar surface area (TPSA) is 28.7 Å². The van der Waals surface area contributed by atoms with E-state index in [1.807, 2.05) is 19.1 Å². The van der Waals surface area contributed by atoms with Crippen LogP contribution >= 0.6 is 23.2 Å². The first-order valence-electron chi connectivity index (χ1n) is 6.79. The van der Waals surface area contributed by atoms with Crippen LogP contribution < -0.4 is 0 Å². The minimum Gasteiger partial charge on any atom is -0.345 e. The number of aromatic nitrogens is 2. The van der Waals surface area contributed by atoms with Gasteiger partial charge < -0.3 is 4.98 Å². The van der Waals surface area contributed by atoms with Gasteiger partial charge in [0.2, 0.25) is 0 Å². The lowest BCUT2D eigenvalue weighted by molar-refractivity contribution is 0.627. The van der Waals surface area contributed by atoms with E-state index < -0.39 is 0 Å². The fourth-order valence-electron chi connectivity index (χ4n) is 2.35. The molecule has 22 heavy (non-hydrogen) atoms. The van der Waals surface area contributed by atoms with E-state index >= 15 is 0 Å². The van der Waals surface area contributed by atoms with E-state index in [-0.39, 0.29) is 5.82 Å². The Labute approximate surface area is 137 Å². The van der Waals surface area contributed by atoms with Crippen molar-refractivity contribution >= 4 is 23.2 Å². The number of H-pyrrole nitrogens is 1. The van der Waals surface area contributed by atoms with Gasteiger partial charge in [-0.2, -0.15) is 0 Å². The molecule has 0 saturated heterocycles. The zero-order chi connectivity index (χ0) is 15.7. The van der Waals surface area contributed by atoms with Crippen LogP contribution in [0.1, 0.15) is 17.1 Å². The van der Waals surface area contributed by atoms with Crippen LogP contribution in [0.5, 0.6) is 0 Å². The molecule has 0 fully saturated rings. The van der Waals surface area contributed by atoms with Gasteiger partial charge in [-0.3, -0.25) is 0 Å². The number of rotatable bonds is 3. The predicted octanol–water partition coefficient (Wildman–Crippen LogP) is 5.42. The second kappa shape index (κ2) is 6.11. The van der Waals surface area contributed by atoms with E-state index in [4.69, 9.17) is 23.2 Å². The number of imidazole rings is 1. The van der Waals surface area contributed by atoms with Crippen LogP contribution in [0.2, 0.25) is 10.0 Å². The highest BCUT2D eigenvalue weighted by Crippen LogP contribution is 2.34. The minimum absolute atomic E-state index is 0.245. The van der Waals surface area contributed by atoms with Crippen LogP contribution in [-0.4, -0.2) is 9.97 Å². The quantitative estimate of drug-likeness (QED) is 0.680. The highest BCUT2D eigenvalue weighted by molar-refractivity contribution is 6.43. The summed E-state index contributed by atoms with van der Waals surface area (Å²) >= 11 is 12.3. The molecule has 2 nitrogen and oxygen atoms in total. The average molecular weight is 335 g/mol. The van der Waals surface area contributed by atoms with Crippen LogP contribution in [0, 0.1) is 12.7 Å². The van der Waals surface area contributed by atoms with E-state index in [0.717, 1.165) is 28.3 Å². The Kier molecular flexibility index (Phi) is 4.19. The lowest BCUT2D eigenvalue weighted by atomic mass is 10.1. The Balaban J connectivity index is 1.94. The Morgan fingerprint density at radius 2 is 1.82 bits per heavy atom. The molecule has 0 atom stereocenters. The maximum atomic E-state index is 12.9. The molecule has 0 spiro atoms. The van der Waals surface area contributed by atoms with E-state index in [2.05, 4.69) is 9.97 Å². The highest BCUT2D eigenvalue weighted by atomic mass is 35.5. The monoisotopic (exact) mass is 334 g/mol. The number of aryl methyl sites for hydroxylation is 1. The average Bonchev–Trinajstić information content (AvgIpc) is 2.85. The Morgan fingerprint density at radius 1 is 1.09 bits per heavy atom. The van der Waals surface area contributed by atoms with E-state index in [0.29, 0.717) is 16.5 Å². The second-order valence-corrected chi connectivity index (χ2v) is 5.85. The second-order valence-electron chi connectivity index (χ2n) is 5.06. The highest BCUT2D eigenvalue weighted by Gasteiger charge is 2.14. The van der Waals surface area contributed by atoms with Crippen molar-refractivity contribution in [1.82, 2.24) is 9.97 Å². The van der Waals surface area contributed by atoms with Crippen LogP contribution in [0.15, 0.2) is 42.5 Å². The summed E-state index contributed by atoms with van der Waals surface area (Å²) < 4.78 is 12.9. The van der Waals surface area contributed by atoms with Gasteiger partial charge in [0.15, 0.2) is 0 Å². The van der Waals surface area contributed by atoms with Crippen LogP contribution in [-0.2, 0) is 6.42 Å². The van der Waals surface area contributed by atoms with Gasteiger partial charge in [-0.05, 0) is 30.7 Å². The first-order chi connectivity index (χ1) is 10.5. The summed E-state index contributed by atoms with van der Waals surface area (Å²) in [6.45, 7) is 1.94. The van der Waals surface area contributed by atoms with Crippen molar-refractivity contribution < 1.29 is 4.39 Å². The van der Waals surface area contributed by atoms with Crippen molar-refractivity contribution in [1.29, 1.82) is 0 Å². The van der Waals surface area contributed by atoms with Crippen LogP contribution in [0.4, 0.5) is 4.39 Å². The van der Waals surface area contributed by atoms with Crippen LogP contribution in [0.3, 0.4) is 0 Å². The molecule has 0 saturated carbocycles. The summed E-state index contributed by atoms with van der Waals surface area (Å²) in [5.41, 5.74) is 3.48. The van der Waals surface area contributed by atoms with E-state index in [1.54, 1.807) is 18.2 Å². The fourth-order valence-corrected chi connectivity index (χ4v) is 2.74. The summed E-state index contributed by atoms with van der Waals surface area (Å²) in [5.74, 6) is 0.556. The van der Waals surface area contributed by atoms with Gasteiger partial charge in [-0.15, -0.1) is 0 Å². The number of hydrogen-bond acceptors (Lipinski definition) is 1. The van der Waals surface area contributed by atoms with E-state index in [1.165, 1.54) is 12.1 Å². The molecule has 0 aliphatic heterocycles. The SMILES string of the molecule is Cc1[nH]c(Cc2ccc(F)cc2)nc1-c1cccc(Cl)c1Cl. The number of hydrogen-bond donors (Lipinski definition) is 1. The van der Waals surface area contributed by atoms with Gasteiger partial charge in [-0.1, -0.05) is 47.5 Å². The molecule has 0 aliphatic carbocycles. The first kappa shape index (κ1) is 15.1. The van der Waals surface area contributed by atoms with Crippen molar-refractivity contribution in [3.05, 3.63) is 75.4 Å². The molecule has 0 amide bonds. The number of aromatic amines is 1. The Hall–Kier alpha value is -1.84. The van der Waals surface area contributed by atoms with Gasteiger partial charge in [-0.25, -0.2) is 9.37 Å². The summed E-state index contributed by atoms with van der Waals surface area (Å²) in [4.78, 5) is 7.85. The molecule has 0 aliphatic rings. The number of benzene rings is 2. The molecule has 1 aromatic heterocycles. The van der Waals surface area contributed by atoms with Crippen molar-refractivity contribution in [3.8, 4) is 11.3 Å². The minimum atomic E-state index is -0.245. The van der Waals surface area contributed by atoms with Gasteiger partial charge in [0, 0.05) is 17.7 Å². The predicted molar refractivity (Wildman–Crippen MR) is 88.0 cm³/mol. The fraction of sp³-hybridized carbons (Fsp3) is 0.118. The molecular formula is C17H13Cl2FN2. The Morgan fingerprint density at radius 3 is 2.55 bits per heavy atom. The maximum Gasteiger partial charge on any atom is 0.123 e. The molecule has 3 aromatic rings. The van der Waals surface area contributed by atoms with Crippen LogP contribution in [0.25, 0.3) is 11.3 Å². The van der Waals surface area contributed by atoms with Gasteiger partial charge in [0.1, 0.15) is 11.6 Å². The van der Waals surface area contributed by atoms with Gasteiger partial charge >= 0.3 is 0 Å². The Bertz CT molecular complexity index is 810. The molecule has 2 aromatic carbocycles. The number of nitrogens with zero attached hydrogens (tertiary/aromatic N) is 1. The molecule has 3 rings (SSSR count). The molecule has 1 heterocycles.